The second kappa shape index (κ2) is 18.4. The molecule has 0 amide bonds. The Morgan fingerprint density at radius 3 is 0.778 bits per heavy atom. The van der Waals surface area contributed by atoms with Crippen molar-refractivity contribution in [3.05, 3.63) is 289 Å². The highest BCUT2D eigenvalue weighted by Gasteiger charge is 2.32. The topological polar surface area (TPSA) is 57.4 Å². The van der Waals surface area contributed by atoms with E-state index < -0.39 is 0 Å². The number of nitrogens with zero attached hydrogens (tertiary/aromatic N) is 2. The lowest BCUT2D eigenvalue weighted by Crippen LogP contribution is -1.95. The van der Waals surface area contributed by atoms with Gasteiger partial charge in [-0.2, -0.15) is 0 Å². The number of rotatable bonds is 8. The summed E-state index contributed by atoms with van der Waals surface area (Å²) in [5.74, 6) is 0. The third kappa shape index (κ3) is 7.59. The first-order valence-electron chi connectivity index (χ1n) is 24.5. The van der Waals surface area contributed by atoms with E-state index in [0.717, 1.165) is 134 Å². The van der Waals surface area contributed by atoms with Gasteiger partial charge < -0.3 is 9.97 Å². The van der Waals surface area contributed by atoms with Gasteiger partial charge in [0.05, 0.1) is 33.8 Å². The number of hydrogen-bond donors (Lipinski definition) is 2. The number of nitrogens with one attached hydrogen (secondary N) is 2. The first kappa shape index (κ1) is 42.5. The van der Waals surface area contributed by atoms with Crippen LogP contribution in [0.25, 0.3) is 112 Å². The van der Waals surface area contributed by atoms with Crippen LogP contribution >= 0.6 is 0 Å². The Morgan fingerprint density at radius 1 is 0.236 bits per heavy atom. The summed E-state index contributed by atoms with van der Waals surface area (Å²) in [6, 6.07) is 90.7. The van der Waals surface area contributed by atoms with Gasteiger partial charge in [0.15, 0.2) is 0 Å². The Morgan fingerprint density at radius 2 is 0.486 bits per heavy atom. The van der Waals surface area contributed by atoms with Crippen molar-refractivity contribution in [3.63, 3.8) is 0 Å². The third-order valence-corrected chi connectivity index (χ3v) is 13.7. The number of benzene rings is 8. The number of aromatic amines is 2. The zero-order valence-electron chi connectivity index (χ0n) is 39.3. The maximum atomic E-state index is 6.21. The van der Waals surface area contributed by atoms with Crippen molar-refractivity contribution in [2.45, 2.75) is 0 Å². The van der Waals surface area contributed by atoms with Crippen molar-refractivity contribution in [2.24, 2.45) is 0 Å². The fourth-order valence-corrected chi connectivity index (χ4v) is 10.7. The zero-order valence-corrected chi connectivity index (χ0v) is 39.3. The molecule has 5 heterocycles. The van der Waals surface area contributed by atoms with Gasteiger partial charge in [0, 0.05) is 55.6 Å². The second-order valence-electron chi connectivity index (χ2n) is 18.1. The lowest BCUT2D eigenvalue weighted by atomic mass is 9.86. The number of H-pyrrole nitrogens is 2. The van der Waals surface area contributed by atoms with Crippen LogP contribution in [0, 0.1) is 0 Å². The summed E-state index contributed by atoms with van der Waals surface area (Å²) < 4.78 is 0. The Labute approximate surface area is 418 Å². The number of aromatic nitrogens is 4. The molecule has 338 valence electrons. The molecule has 2 aliphatic rings. The van der Waals surface area contributed by atoms with E-state index in [4.69, 9.17) is 9.97 Å². The van der Waals surface area contributed by atoms with Crippen molar-refractivity contribution < 1.29 is 0 Å². The molecule has 11 aromatic rings. The van der Waals surface area contributed by atoms with Crippen LogP contribution in [0.2, 0.25) is 0 Å². The fourth-order valence-electron chi connectivity index (χ4n) is 10.7. The largest absolute Gasteiger partial charge is 0.354 e. The van der Waals surface area contributed by atoms with Gasteiger partial charge in [-0.05, 0) is 68.8 Å². The minimum Gasteiger partial charge on any atom is -0.354 e. The van der Waals surface area contributed by atoms with Gasteiger partial charge in [-0.25, -0.2) is 9.97 Å². The molecule has 4 nitrogen and oxygen atoms in total. The van der Waals surface area contributed by atoms with Gasteiger partial charge >= 0.3 is 0 Å². The van der Waals surface area contributed by atoms with Crippen LogP contribution in [-0.4, -0.2) is 19.9 Å². The standard InChI is InChI=1S/C68H46N4/c1-9-25-45(26-10-1)57-55-43-53-41-42-54(69-53)44-56-58(46-27-11-2-12-28-46)60(48-31-15-4-16-32-48)66(71-56)64(52-39-23-8-24-40-52)68-62(50-35-19-6-20-36-50)61(49-33-17-5-18-34-49)67(72-68)63(51-37-21-7-22-38-51)65(70-55)59(57)47-29-13-3-14-30-47/h1-44,70-71H. The van der Waals surface area contributed by atoms with Crippen molar-refractivity contribution in [1.29, 1.82) is 0 Å². The van der Waals surface area contributed by atoms with Gasteiger partial charge in [0.25, 0.3) is 0 Å². The van der Waals surface area contributed by atoms with Gasteiger partial charge in [-0.3, -0.25) is 0 Å². The second-order valence-corrected chi connectivity index (χ2v) is 18.1. The third-order valence-electron chi connectivity index (χ3n) is 13.7. The summed E-state index contributed by atoms with van der Waals surface area (Å²) in [4.78, 5) is 19.8. The van der Waals surface area contributed by atoms with E-state index in [0.29, 0.717) is 0 Å². The normalized spacial score (nSPS) is 12.1. The summed E-state index contributed by atoms with van der Waals surface area (Å²) in [6.45, 7) is 0. The molecule has 13 rings (SSSR count). The molecule has 0 unspecified atom stereocenters. The molecule has 8 bridgehead atoms. The van der Waals surface area contributed by atoms with Crippen molar-refractivity contribution in [1.82, 2.24) is 19.9 Å². The summed E-state index contributed by atoms with van der Waals surface area (Å²) >= 11 is 0. The molecular weight excluding hydrogens is 873 g/mol. The minimum atomic E-state index is 0.845. The molecule has 3 aromatic heterocycles. The summed E-state index contributed by atoms with van der Waals surface area (Å²) in [6.07, 6.45) is 4.25. The van der Waals surface area contributed by atoms with E-state index in [1.807, 2.05) is 0 Å². The fraction of sp³-hybridized carbons (Fsp3) is 0. The van der Waals surface area contributed by atoms with E-state index >= 15 is 0 Å². The van der Waals surface area contributed by atoms with Crippen molar-refractivity contribution >= 4 is 45.4 Å². The Balaban J connectivity index is 1.37. The molecule has 0 aliphatic carbocycles. The quantitative estimate of drug-likeness (QED) is 0.160. The Hall–Kier alpha value is -9.64. The highest BCUT2D eigenvalue weighted by atomic mass is 14.8. The van der Waals surface area contributed by atoms with Crippen molar-refractivity contribution in [3.8, 4) is 66.8 Å². The van der Waals surface area contributed by atoms with Crippen molar-refractivity contribution in [2.75, 3.05) is 0 Å². The molecule has 0 radical (unpaired) electrons. The molecule has 0 saturated carbocycles. The van der Waals surface area contributed by atoms with Gasteiger partial charge in [-0.15, -0.1) is 0 Å². The molecular formula is C68H46N4. The molecule has 8 aromatic carbocycles. The molecule has 72 heavy (non-hydrogen) atoms. The van der Waals surface area contributed by atoms with Gasteiger partial charge in [-0.1, -0.05) is 243 Å². The SMILES string of the molecule is C1=Cc2cc3[nH]c(c(-c4ccccc4)c4nc(c(-c5ccccc5)c5[nH]c(cc1n2)c(-c1ccccc1)c5-c1ccccc1)C(c1ccccc1)=C4c1ccccc1)c(-c1ccccc1)c3-c1ccccc1. The summed E-state index contributed by atoms with van der Waals surface area (Å²) in [5, 5.41) is 0. The Kier molecular flexibility index (Phi) is 10.8. The van der Waals surface area contributed by atoms with Crippen LogP contribution in [-0.2, 0) is 0 Å². The molecule has 0 spiro atoms. The van der Waals surface area contributed by atoms with E-state index in [1.165, 1.54) is 0 Å². The average molecular weight is 919 g/mol. The van der Waals surface area contributed by atoms with E-state index in [-0.39, 0.29) is 0 Å². The summed E-state index contributed by atoms with van der Waals surface area (Å²) in [5.41, 5.74) is 24.2. The highest BCUT2D eigenvalue weighted by Crippen LogP contribution is 2.51. The highest BCUT2D eigenvalue weighted by molar-refractivity contribution is 6.17. The maximum absolute atomic E-state index is 6.21. The zero-order chi connectivity index (χ0) is 47.8. The first-order valence-corrected chi connectivity index (χ1v) is 24.5. The number of fused-ring (bicyclic) bond motifs is 8. The molecule has 0 saturated heterocycles. The molecule has 0 atom stereocenters. The van der Waals surface area contributed by atoms with Crippen LogP contribution in [0.1, 0.15) is 33.9 Å². The van der Waals surface area contributed by atoms with Gasteiger partial charge in [0.1, 0.15) is 0 Å². The smallest absolute Gasteiger partial charge is 0.0822 e. The lowest BCUT2D eigenvalue weighted by Gasteiger charge is -2.15. The summed E-state index contributed by atoms with van der Waals surface area (Å²) in [7, 11) is 0. The minimum absolute atomic E-state index is 0.845. The van der Waals surface area contributed by atoms with Crippen LogP contribution in [0.3, 0.4) is 0 Å². The van der Waals surface area contributed by atoms with E-state index in [2.05, 4.69) is 277 Å². The Bertz CT molecular complexity index is 3750. The van der Waals surface area contributed by atoms with Crippen LogP contribution in [0.5, 0.6) is 0 Å². The molecule has 4 heteroatoms. The van der Waals surface area contributed by atoms with Crippen LogP contribution in [0.4, 0.5) is 0 Å². The molecule has 0 fully saturated rings. The predicted molar refractivity (Wildman–Crippen MR) is 300 cm³/mol. The molecule has 2 N–H and O–H groups in total. The lowest BCUT2D eigenvalue weighted by molar-refractivity contribution is 1.30. The van der Waals surface area contributed by atoms with Crippen LogP contribution < -0.4 is 0 Å². The van der Waals surface area contributed by atoms with Crippen LogP contribution in [0.15, 0.2) is 255 Å². The van der Waals surface area contributed by atoms with Gasteiger partial charge in [0.2, 0.25) is 0 Å². The maximum Gasteiger partial charge on any atom is 0.0822 e. The average Bonchev–Trinajstić information content (AvgIpc) is 4.25. The van der Waals surface area contributed by atoms with E-state index in [1.54, 1.807) is 0 Å². The first-order chi connectivity index (χ1) is 35.7. The predicted octanol–water partition coefficient (Wildman–Crippen LogP) is 17.5. The molecule has 2 aliphatic heterocycles. The van der Waals surface area contributed by atoms with E-state index in [9.17, 15) is 0 Å². The number of hydrogen-bond acceptors (Lipinski definition) is 2. The monoisotopic (exact) mass is 918 g/mol.